The fraction of sp³-hybridized carbons (Fsp3) is 0.318. The zero-order chi connectivity index (χ0) is 21.0. The smallest absolute Gasteiger partial charge is 0.357 e. The first kappa shape index (κ1) is 21.3. The van der Waals surface area contributed by atoms with Gasteiger partial charge in [-0.05, 0) is 68.5 Å². The molecule has 1 atom stereocenters. The number of fused-ring (bicyclic) bond motifs is 1. The van der Waals surface area contributed by atoms with Gasteiger partial charge in [-0.3, -0.25) is 9.36 Å². The number of nitrogens with one attached hydrogen (secondary N) is 2. The summed E-state index contributed by atoms with van der Waals surface area (Å²) in [7, 11) is -3.68. The van der Waals surface area contributed by atoms with Gasteiger partial charge in [0.05, 0.1) is 18.8 Å². The summed E-state index contributed by atoms with van der Waals surface area (Å²) in [5.74, 6) is -0.946. The lowest BCUT2D eigenvalue weighted by Crippen LogP contribution is -2.23. The molecule has 0 bridgehead atoms. The van der Waals surface area contributed by atoms with E-state index in [9.17, 15) is 9.36 Å². The van der Waals surface area contributed by atoms with Crippen molar-refractivity contribution >= 4 is 24.2 Å². The molecular formula is C22H27N2O4P. The molecule has 0 aliphatic heterocycles. The Morgan fingerprint density at radius 1 is 1.00 bits per heavy atom. The van der Waals surface area contributed by atoms with Crippen molar-refractivity contribution in [2.75, 3.05) is 18.5 Å². The van der Waals surface area contributed by atoms with Crippen molar-refractivity contribution < 1.29 is 13.6 Å². The van der Waals surface area contributed by atoms with Crippen molar-refractivity contribution in [2.24, 2.45) is 0 Å². The van der Waals surface area contributed by atoms with Crippen molar-refractivity contribution in [1.82, 2.24) is 4.98 Å². The van der Waals surface area contributed by atoms with E-state index in [1.807, 2.05) is 56.3 Å². The Hall–Kier alpha value is -2.40. The van der Waals surface area contributed by atoms with Gasteiger partial charge in [0.2, 0.25) is 0 Å². The third-order valence-electron chi connectivity index (χ3n) is 4.82. The van der Waals surface area contributed by atoms with Gasteiger partial charge < -0.3 is 19.3 Å². The zero-order valence-corrected chi connectivity index (χ0v) is 18.1. The molecule has 2 aromatic carbocycles. The fourth-order valence-electron chi connectivity index (χ4n) is 3.23. The maximum Gasteiger partial charge on any atom is 0.357 e. The molecule has 29 heavy (non-hydrogen) atoms. The van der Waals surface area contributed by atoms with Crippen LogP contribution in [-0.2, 0) is 13.6 Å². The molecule has 0 saturated carbocycles. The Morgan fingerprint density at radius 3 is 2.34 bits per heavy atom. The number of aryl methyl sites for hydroxylation is 2. The van der Waals surface area contributed by atoms with E-state index in [-0.39, 0.29) is 18.8 Å². The number of anilines is 1. The molecular weight excluding hydrogens is 387 g/mol. The summed E-state index contributed by atoms with van der Waals surface area (Å²) >= 11 is 0. The minimum Gasteiger partial charge on any atom is -0.368 e. The highest BCUT2D eigenvalue weighted by Gasteiger charge is 2.39. The van der Waals surface area contributed by atoms with E-state index < -0.39 is 13.4 Å². The molecule has 0 aliphatic carbocycles. The topological polar surface area (TPSA) is 80.4 Å². The van der Waals surface area contributed by atoms with Crippen LogP contribution in [0, 0.1) is 13.8 Å². The first-order valence-corrected chi connectivity index (χ1v) is 11.3. The van der Waals surface area contributed by atoms with E-state index in [1.54, 1.807) is 19.9 Å². The molecule has 0 amide bonds. The third-order valence-corrected chi connectivity index (χ3v) is 7.10. The molecule has 2 N–H and O–H groups in total. The zero-order valence-electron chi connectivity index (χ0n) is 17.2. The van der Waals surface area contributed by atoms with Crippen molar-refractivity contribution in [3.05, 3.63) is 75.6 Å². The predicted molar refractivity (Wildman–Crippen MR) is 118 cm³/mol. The van der Waals surface area contributed by atoms with Crippen LogP contribution < -0.4 is 10.9 Å². The first-order chi connectivity index (χ1) is 13.9. The number of benzene rings is 2. The lowest BCUT2D eigenvalue weighted by Gasteiger charge is -2.28. The molecule has 0 radical (unpaired) electrons. The van der Waals surface area contributed by atoms with Crippen molar-refractivity contribution in [2.45, 2.75) is 33.5 Å². The largest absolute Gasteiger partial charge is 0.368 e. The summed E-state index contributed by atoms with van der Waals surface area (Å²) in [6.45, 7) is 7.94. The van der Waals surface area contributed by atoms with Gasteiger partial charge in [0.15, 0.2) is 5.78 Å². The second-order valence-corrected chi connectivity index (χ2v) is 8.97. The molecule has 1 unspecified atom stereocenters. The molecule has 7 heteroatoms. The maximum atomic E-state index is 13.7. The average molecular weight is 414 g/mol. The minimum absolute atomic E-state index is 0.202. The van der Waals surface area contributed by atoms with Crippen LogP contribution in [0.1, 0.15) is 36.3 Å². The summed E-state index contributed by atoms with van der Waals surface area (Å²) in [4.78, 5) is 15.8. The molecule has 0 saturated heterocycles. The lowest BCUT2D eigenvalue weighted by molar-refractivity contribution is 0.214. The van der Waals surface area contributed by atoms with Gasteiger partial charge in [-0.15, -0.1) is 0 Å². The SMILES string of the molecule is CCOP(=O)(OCC)C(Nc1ccc(C)c(C)c1)c1cc2ccccc2[nH]c1=O. The van der Waals surface area contributed by atoms with Crippen molar-refractivity contribution in [3.63, 3.8) is 0 Å². The molecule has 6 nitrogen and oxygen atoms in total. The van der Waals surface area contributed by atoms with Gasteiger partial charge in [-0.2, -0.15) is 0 Å². The van der Waals surface area contributed by atoms with Crippen LogP contribution in [0.2, 0.25) is 0 Å². The maximum absolute atomic E-state index is 13.7. The Labute approximate surface area is 170 Å². The summed E-state index contributed by atoms with van der Waals surface area (Å²) in [5, 5.41) is 4.09. The van der Waals surface area contributed by atoms with Crippen LogP contribution in [0.25, 0.3) is 10.9 Å². The molecule has 0 aliphatic rings. The van der Waals surface area contributed by atoms with Crippen LogP contribution in [0.15, 0.2) is 53.3 Å². The standard InChI is InChI=1S/C22H27N2O4P/c1-5-27-29(26,28-6-2)22(23-18-12-11-15(3)16(4)13-18)19-14-17-9-7-8-10-20(17)24-21(19)25/h7-14,22-23H,5-6H2,1-4H3,(H,24,25). The van der Waals surface area contributed by atoms with E-state index in [0.717, 1.165) is 22.2 Å². The van der Waals surface area contributed by atoms with Gasteiger partial charge in [0.25, 0.3) is 5.56 Å². The number of aromatic nitrogens is 1. The van der Waals surface area contributed by atoms with Crippen LogP contribution >= 0.6 is 7.60 Å². The number of rotatable bonds is 8. The molecule has 0 spiro atoms. The number of hydrogen-bond donors (Lipinski definition) is 2. The summed E-state index contributed by atoms with van der Waals surface area (Å²) in [6.07, 6.45) is 0. The molecule has 1 heterocycles. The van der Waals surface area contributed by atoms with Gasteiger partial charge in [-0.1, -0.05) is 24.3 Å². The second kappa shape index (κ2) is 8.95. The Morgan fingerprint density at radius 2 is 1.69 bits per heavy atom. The van der Waals surface area contributed by atoms with Crippen LogP contribution in [0.3, 0.4) is 0 Å². The fourth-order valence-corrected chi connectivity index (χ4v) is 5.16. The number of H-pyrrole nitrogens is 1. The molecule has 3 rings (SSSR count). The Bertz CT molecular complexity index is 1100. The average Bonchev–Trinajstić information content (AvgIpc) is 2.69. The molecule has 1 aromatic heterocycles. The van der Waals surface area contributed by atoms with Crippen molar-refractivity contribution in [1.29, 1.82) is 0 Å². The first-order valence-electron chi connectivity index (χ1n) is 9.72. The van der Waals surface area contributed by atoms with Gasteiger partial charge in [0.1, 0.15) is 0 Å². The third kappa shape index (κ3) is 4.61. The number of pyridine rings is 1. The highest BCUT2D eigenvalue weighted by atomic mass is 31.2. The summed E-state index contributed by atoms with van der Waals surface area (Å²) in [5.41, 5.74) is 3.67. The van der Waals surface area contributed by atoms with E-state index in [1.165, 1.54) is 0 Å². The van der Waals surface area contributed by atoms with Crippen LogP contribution in [0.4, 0.5) is 5.69 Å². The Balaban J connectivity index is 2.16. The van der Waals surface area contributed by atoms with Gasteiger partial charge in [-0.25, -0.2) is 0 Å². The normalized spacial score (nSPS) is 12.8. The molecule has 0 fully saturated rings. The van der Waals surface area contributed by atoms with Crippen molar-refractivity contribution in [3.8, 4) is 0 Å². The summed E-state index contributed by atoms with van der Waals surface area (Å²) in [6, 6.07) is 15.1. The summed E-state index contributed by atoms with van der Waals surface area (Å²) < 4.78 is 24.9. The highest BCUT2D eigenvalue weighted by molar-refractivity contribution is 7.54. The molecule has 154 valence electrons. The van der Waals surface area contributed by atoms with Crippen LogP contribution in [-0.4, -0.2) is 18.2 Å². The number of aromatic amines is 1. The lowest BCUT2D eigenvalue weighted by atomic mass is 10.1. The number of para-hydroxylation sites is 1. The molecule has 3 aromatic rings. The Kier molecular flexibility index (Phi) is 6.58. The van der Waals surface area contributed by atoms with E-state index in [2.05, 4.69) is 10.3 Å². The predicted octanol–water partition coefficient (Wildman–Crippen LogP) is 5.52. The van der Waals surface area contributed by atoms with Gasteiger partial charge in [0, 0.05) is 11.2 Å². The van der Waals surface area contributed by atoms with Crippen LogP contribution in [0.5, 0.6) is 0 Å². The second-order valence-electron chi connectivity index (χ2n) is 6.86. The van der Waals surface area contributed by atoms with E-state index in [4.69, 9.17) is 9.05 Å². The quantitative estimate of drug-likeness (QED) is 0.474. The highest BCUT2D eigenvalue weighted by Crippen LogP contribution is 2.60. The number of hydrogen-bond acceptors (Lipinski definition) is 5. The van der Waals surface area contributed by atoms with E-state index in [0.29, 0.717) is 11.1 Å². The minimum atomic E-state index is -3.68. The van der Waals surface area contributed by atoms with E-state index >= 15 is 0 Å². The monoisotopic (exact) mass is 414 g/mol. The van der Waals surface area contributed by atoms with Gasteiger partial charge >= 0.3 is 7.60 Å².